The van der Waals surface area contributed by atoms with Crippen LogP contribution in [0.5, 0.6) is 5.75 Å². The Morgan fingerprint density at radius 2 is 1.94 bits per heavy atom. The van der Waals surface area contributed by atoms with Crippen LogP contribution in [-0.2, 0) is 9.47 Å². The molecule has 4 heterocycles. The molecule has 0 N–H and O–H groups in total. The van der Waals surface area contributed by atoms with Gasteiger partial charge in [0, 0.05) is 29.3 Å². The molecular formula is C26H25ClN4O3. The predicted octanol–water partition coefficient (Wildman–Crippen LogP) is 5.33. The summed E-state index contributed by atoms with van der Waals surface area (Å²) in [6.45, 7) is 4.00. The molecular weight excluding hydrogens is 452 g/mol. The Labute approximate surface area is 202 Å². The molecule has 0 unspecified atom stereocenters. The SMILES string of the molecule is CC1(C)O[C@H]2[C@H](n3ccc4c(Cl)ncnc43)CC3(CC(Oc4ccc5cccnc5c4)C3)[C@H]2O1. The van der Waals surface area contributed by atoms with E-state index in [0.717, 1.165) is 46.9 Å². The fraction of sp³-hybridized carbons (Fsp3) is 0.423. The second kappa shape index (κ2) is 7.13. The molecule has 4 aromatic rings. The lowest BCUT2D eigenvalue weighted by Crippen LogP contribution is -2.50. The van der Waals surface area contributed by atoms with Crippen molar-refractivity contribution in [2.45, 2.75) is 63.3 Å². The zero-order valence-electron chi connectivity index (χ0n) is 19.0. The first-order valence-electron chi connectivity index (χ1n) is 11.8. The van der Waals surface area contributed by atoms with E-state index in [9.17, 15) is 0 Å². The zero-order valence-corrected chi connectivity index (χ0v) is 19.8. The van der Waals surface area contributed by atoms with E-state index in [2.05, 4.69) is 37.8 Å². The number of hydrogen-bond donors (Lipinski definition) is 0. The van der Waals surface area contributed by atoms with Crippen molar-refractivity contribution in [2.24, 2.45) is 5.41 Å². The number of hydrogen-bond acceptors (Lipinski definition) is 6. The van der Waals surface area contributed by atoms with Crippen LogP contribution in [0.4, 0.5) is 0 Å². The van der Waals surface area contributed by atoms with Crippen molar-refractivity contribution >= 4 is 33.5 Å². The maximum absolute atomic E-state index is 6.49. The fourth-order valence-electron chi connectivity index (χ4n) is 6.30. The molecule has 34 heavy (non-hydrogen) atoms. The van der Waals surface area contributed by atoms with Gasteiger partial charge in [-0.1, -0.05) is 17.7 Å². The van der Waals surface area contributed by atoms with Crippen LogP contribution in [0.2, 0.25) is 5.15 Å². The standard InChI is InChI=1S/C26H25ClN4O3/c1-25(2)33-21-20(31-9-7-18-23(27)29-14-30-24(18)31)13-26(22(21)34-25)11-17(12-26)32-16-6-5-15-4-3-8-28-19(15)10-16/h3-10,14,17,20-22H,11-13H2,1-2H3/t17?,20-,21+,22+,26?/m1/s1. The molecule has 1 spiro atoms. The molecule has 3 fully saturated rings. The highest BCUT2D eigenvalue weighted by Gasteiger charge is 2.66. The van der Waals surface area contributed by atoms with Crippen LogP contribution in [0.25, 0.3) is 21.9 Å². The van der Waals surface area contributed by atoms with Gasteiger partial charge in [-0.15, -0.1) is 0 Å². The normalized spacial score (nSPS) is 31.7. The Balaban J connectivity index is 1.16. The first-order valence-corrected chi connectivity index (χ1v) is 12.1. The Bertz CT molecular complexity index is 1410. The van der Waals surface area contributed by atoms with Gasteiger partial charge in [0.25, 0.3) is 0 Å². The van der Waals surface area contributed by atoms with E-state index in [4.69, 9.17) is 25.8 Å². The van der Waals surface area contributed by atoms with E-state index in [0.29, 0.717) is 5.15 Å². The van der Waals surface area contributed by atoms with Gasteiger partial charge in [0.2, 0.25) is 0 Å². The summed E-state index contributed by atoms with van der Waals surface area (Å²) < 4.78 is 21.5. The highest BCUT2D eigenvalue weighted by Crippen LogP contribution is 2.62. The maximum atomic E-state index is 6.49. The molecule has 0 radical (unpaired) electrons. The summed E-state index contributed by atoms with van der Waals surface area (Å²) in [7, 11) is 0. The Kier molecular flexibility index (Phi) is 4.33. The van der Waals surface area contributed by atoms with E-state index < -0.39 is 5.79 Å². The molecule has 1 aliphatic heterocycles. The maximum Gasteiger partial charge on any atom is 0.163 e. The average molecular weight is 477 g/mol. The molecule has 174 valence electrons. The summed E-state index contributed by atoms with van der Waals surface area (Å²) in [6.07, 6.45) is 8.30. The second-order valence-electron chi connectivity index (χ2n) is 10.3. The van der Waals surface area contributed by atoms with Gasteiger partial charge in [0.05, 0.1) is 29.2 Å². The highest BCUT2D eigenvalue weighted by molar-refractivity contribution is 6.33. The van der Waals surface area contributed by atoms with Gasteiger partial charge >= 0.3 is 0 Å². The van der Waals surface area contributed by atoms with Gasteiger partial charge in [0.1, 0.15) is 29.0 Å². The zero-order chi connectivity index (χ0) is 23.1. The van der Waals surface area contributed by atoms with Gasteiger partial charge in [-0.05, 0) is 57.4 Å². The van der Waals surface area contributed by atoms with Gasteiger partial charge in [0.15, 0.2) is 5.79 Å². The summed E-state index contributed by atoms with van der Waals surface area (Å²) in [6, 6.07) is 12.2. The molecule has 7 rings (SSSR count). The first-order chi connectivity index (χ1) is 16.4. The van der Waals surface area contributed by atoms with Crippen LogP contribution in [0.15, 0.2) is 55.1 Å². The summed E-state index contributed by atoms with van der Waals surface area (Å²) in [5.41, 5.74) is 1.80. The first kappa shape index (κ1) is 20.6. The van der Waals surface area contributed by atoms with Crippen molar-refractivity contribution in [3.8, 4) is 5.75 Å². The van der Waals surface area contributed by atoms with Crippen molar-refractivity contribution in [1.82, 2.24) is 19.5 Å². The lowest BCUT2D eigenvalue weighted by atomic mass is 9.64. The smallest absolute Gasteiger partial charge is 0.163 e. The monoisotopic (exact) mass is 476 g/mol. The van der Waals surface area contributed by atoms with Crippen molar-refractivity contribution in [2.75, 3.05) is 0 Å². The Morgan fingerprint density at radius 3 is 2.82 bits per heavy atom. The van der Waals surface area contributed by atoms with Crippen LogP contribution in [0.1, 0.15) is 39.2 Å². The molecule has 8 heteroatoms. The molecule has 1 saturated heterocycles. The van der Waals surface area contributed by atoms with E-state index >= 15 is 0 Å². The van der Waals surface area contributed by atoms with Gasteiger partial charge in [-0.3, -0.25) is 4.98 Å². The van der Waals surface area contributed by atoms with Crippen LogP contribution in [0.3, 0.4) is 0 Å². The summed E-state index contributed by atoms with van der Waals surface area (Å²) >= 11 is 6.32. The molecule has 3 aliphatic rings. The van der Waals surface area contributed by atoms with Crippen LogP contribution >= 0.6 is 11.6 Å². The van der Waals surface area contributed by atoms with Gasteiger partial charge in [-0.2, -0.15) is 0 Å². The summed E-state index contributed by atoms with van der Waals surface area (Å²) in [5.74, 6) is 0.246. The Hall–Kier alpha value is -2.74. The molecule has 2 saturated carbocycles. The van der Waals surface area contributed by atoms with Gasteiger partial charge in [-0.25, -0.2) is 9.97 Å². The molecule has 0 amide bonds. The Morgan fingerprint density at radius 1 is 1.06 bits per heavy atom. The van der Waals surface area contributed by atoms with Crippen LogP contribution < -0.4 is 4.74 Å². The third-order valence-corrected chi connectivity index (χ3v) is 8.00. The lowest BCUT2D eigenvalue weighted by Gasteiger charge is -2.48. The molecule has 3 atom stereocenters. The van der Waals surface area contributed by atoms with E-state index in [-0.39, 0.29) is 29.8 Å². The molecule has 7 nitrogen and oxygen atoms in total. The van der Waals surface area contributed by atoms with Crippen molar-refractivity contribution in [3.63, 3.8) is 0 Å². The average Bonchev–Trinajstić information content (AvgIpc) is 3.44. The third-order valence-electron chi connectivity index (χ3n) is 7.69. The van der Waals surface area contributed by atoms with Crippen molar-refractivity contribution < 1.29 is 14.2 Å². The van der Waals surface area contributed by atoms with E-state index in [1.54, 1.807) is 0 Å². The second-order valence-corrected chi connectivity index (χ2v) is 10.6. The number of pyridine rings is 1. The molecule has 3 aromatic heterocycles. The van der Waals surface area contributed by atoms with Crippen molar-refractivity contribution in [3.05, 3.63) is 60.3 Å². The lowest BCUT2D eigenvalue weighted by molar-refractivity contribution is -0.185. The fourth-order valence-corrected chi connectivity index (χ4v) is 6.49. The number of nitrogens with zero attached hydrogens (tertiary/aromatic N) is 4. The summed E-state index contributed by atoms with van der Waals surface area (Å²) in [5, 5.41) is 2.45. The molecule has 2 aliphatic carbocycles. The van der Waals surface area contributed by atoms with E-state index in [1.165, 1.54) is 6.33 Å². The molecule has 1 aromatic carbocycles. The number of benzene rings is 1. The highest BCUT2D eigenvalue weighted by atomic mass is 35.5. The van der Waals surface area contributed by atoms with E-state index in [1.807, 2.05) is 44.3 Å². The summed E-state index contributed by atoms with van der Waals surface area (Å²) in [4.78, 5) is 13.1. The quantitative estimate of drug-likeness (QED) is 0.372. The number of rotatable bonds is 3. The van der Waals surface area contributed by atoms with Crippen LogP contribution in [-0.4, -0.2) is 43.6 Å². The minimum Gasteiger partial charge on any atom is -0.490 e. The predicted molar refractivity (Wildman–Crippen MR) is 128 cm³/mol. The number of halogens is 1. The minimum absolute atomic E-state index is 0.0102. The number of aromatic nitrogens is 4. The molecule has 0 bridgehead atoms. The topological polar surface area (TPSA) is 71.3 Å². The van der Waals surface area contributed by atoms with Gasteiger partial charge < -0.3 is 18.8 Å². The van der Waals surface area contributed by atoms with Crippen LogP contribution in [0, 0.1) is 5.41 Å². The number of ether oxygens (including phenoxy) is 3. The third kappa shape index (κ3) is 3.07. The van der Waals surface area contributed by atoms with Crippen molar-refractivity contribution in [1.29, 1.82) is 0 Å². The largest absolute Gasteiger partial charge is 0.490 e. The minimum atomic E-state index is -0.619. The number of fused-ring (bicyclic) bond motifs is 4.